The van der Waals surface area contributed by atoms with E-state index in [2.05, 4.69) is 56.7 Å². The molecule has 1 saturated carbocycles. The first-order valence-corrected chi connectivity index (χ1v) is 15.6. The Bertz CT molecular complexity index is 1730. The number of nitrogens with zero attached hydrogens (tertiary/aromatic N) is 4. The molecule has 228 valence electrons. The van der Waals surface area contributed by atoms with Gasteiger partial charge in [0.1, 0.15) is 28.7 Å². The van der Waals surface area contributed by atoms with Crippen molar-refractivity contribution >= 4 is 23.0 Å². The van der Waals surface area contributed by atoms with Crippen LogP contribution in [0.1, 0.15) is 48.2 Å². The van der Waals surface area contributed by atoms with Gasteiger partial charge in [-0.3, -0.25) is 14.6 Å². The molecule has 0 amide bonds. The van der Waals surface area contributed by atoms with E-state index in [1.807, 2.05) is 12.1 Å². The van der Waals surface area contributed by atoms with Crippen LogP contribution in [0.15, 0.2) is 54.9 Å². The zero-order valence-corrected chi connectivity index (χ0v) is 25.3. The summed E-state index contributed by atoms with van der Waals surface area (Å²) in [6.45, 7) is 12.7. The third kappa shape index (κ3) is 4.82. The van der Waals surface area contributed by atoms with Gasteiger partial charge in [0, 0.05) is 86.2 Å². The number of hydrogen-bond donors (Lipinski definition) is 1. The largest absolute Gasteiger partial charge is 0.492 e. The topological polar surface area (TPSA) is 73.9 Å². The number of hydrogen-bond acceptors (Lipinski definition) is 7. The van der Waals surface area contributed by atoms with E-state index in [1.54, 1.807) is 12.1 Å². The second-order valence-electron chi connectivity index (χ2n) is 13.9. The number of H-pyrrole nitrogens is 1. The average Bonchev–Trinajstić information content (AvgIpc) is 3.50. The van der Waals surface area contributed by atoms with Crippen LogP contribution in [0.3, 0.4) is 0 Å². The number of piperazine rings is 1. The predicted octanol–water partition coefficient (Wildman–Crippen LogP) is 5.76. The van der Waals surface area contributed by atoms with E-state index in [1.165, 1.54) is 36.4 Å². The number of aromatic amines is 1. The van der Waals surface area contributed by atoms with Crippen molar-refractivity contribution in [3.05, 3.63) is 77.4 Å². The Morgan fingerprint density at radius 1 is 1.09 bits per heavy atom. The van der Waals surface area contributed by atoms with Gasteiger partial charge in [-0.15, -0.1) is 0 Å². The average molecular weight is 596 g/mol. The number of fused-ring (bicyclic) bond motifs is 2. The smallest absolute Gasteiger partial charge is 0.153 e. The number of aromatic nitrogens is 2. The van der Waals surface area contributed by atoms with Crippen LogP contribution in [0.5, 0.6) is 17.2 Å². The first kappa shape index (κ1) is 27.6. The fraction of sp³-hybridized carbons (Fsp3) is 0.429. The molecule has 0 radical (unpaired) electrons. The third-order valence-corrected chi connectivity index (χ3v) is 10.3. The lowest BCUT2D eigenvalue weighted by atomic mass is 9.60. The lowest BCUT2D eigenvalue weighted by Crippen LogP contribution is -2.68. The van der Waals surface area contributed by atoms with E-state index in [0.717, 1.165) is 70.1 Å². The van der Waals surface area contributed by atoms with Gasteiger partial charge in [0.15, 0.2) is 6.29 Å². The SMILES string of the molecule is CC1(C)COc2cc(CN3CCN(C4CC5(C4)CN(c4ccc(C=O)c(Oc6cnc7[nH]cc(F)c7c6)c4)C5)CC3)ccc21. The predicted molar refractivity (Wildman–Crippen MR) is 167 cm³/mol. The monoisotopic (exact) mass is 595 g/mol. The van der Waals surface area contributed by atoms with E-state index < -0.39 is 0 Å². The minimum absolute atomic E-state index is 0.106. The van der Waals surface area contributed by atoms with Gasteiger partial charge in [-0.2, -0.15) is 0 Å². The molecule has 2 saturated heterocycles. The molecule has 0 unspecified atom stereocenters. The number of carbonyl (C=O) groups is 1. The number of halogens is 1. The van der Waals surface area contributed by atoms with Crippen molar-refractivity contribution in [3.63, 3.8) is 0 Å². The molecular formula is C35H38FN5O3. The summed E-state index contributed by atoms with van der Waals surface area (Å²) >= 11 is 0. The molecule has 1 aliphatic carbocycles. The Labute approximate surface area is 256 Å². The Balaban J connectivity index is 0.839. The van der Waals surface area contributed by atoms with E-state index in [4.69, 9.17) is 9.47 Å². The van der Waals surface area contributed by atoms with Crippen LogP contribution >= 0.6 is 0 Å². The van der Waals surface area contributed by atoms with Crippen LogP contribution in [0, 0.1) is 11.2 Å². The minimum atomic E-state index is -0.386. The number of anilines is 1. The normalized spacial score (nSPS) is 21.1. The van der Waals surface area contributed by atoms with E-state index in [0.29, 0.717) is 39.6 Å². The fourth-order valence-corrected chi connectivity index (χ4v) is 7.67. The van der Waals surface area contributed by atoms with E-state index in [9.17, 15) is 9.18 Å². The molecule has 3 aliphatic heterocycles. The first-order chi connectivity index (χ1) is 21.3. The molecule has 5 heterocycles. The molecule has 4 aromatic rings. The van der Waals surface area contributed by atoms with Crippen LogP contribution in [0.25, 0.3) is 11.0 Å². The highest BCUT2D eigenvalue weighted by molar-refractivity contribution is 5.82. The van der Waals surface area contributed by atoms with E-state index >= 15 is 0 Å². The summed E-state index contributed by atoms with van der Waals surface area (Å²) in [5.41, 5.74) is 5.10. The highest BCUT2D eigenvalue weighted by Gasteiger charge is 2.54. The summed E-state index contributed by atoms with van der Waals surface area (Å²) in [6.07, 6.45) is 6.08. The van der Waals surface area contributed by atoms with Crippen LogP contribution in [0.2, 0.25) is 0 Å². The number of pyridine rings is 1. The van der Waals surface area contributed by atoms with Gasteiger partial charge >= 0.3 is 0 Å². The highest BCUT2D eigenvalue weighted by atomic mass is 19.1. The molecular weight excluding hydrogens is 557 g/mol. The number of carbonyl (C=O) groups excluding carboxylic acids is 1. The van der Waals surface area contributed by atoms with Gasteiger partial charge in [0.2, 0.25) is 0 Å². The van der Waals surface area contributed by atoms with Crippen molar-refractivity contribution in [2.45, 2.75) is 44.7 Å². The second-order valence-corrected chi connectivity index (χ2v) is 13.9. The molecule has 1 spiro atoms. The van der Waals surface area contributed by atoms with Crippen LogP contribution in [0.4, 0.5) is 10.1 Å². The Kier molecular flexibility index (Phi) is 6.46. The molecule has 8 rings (SSSR count). The lowest BCUT2D eigenvalue weighted by molar-refractivity contribution is -0.0380. The molecule has 8 nitrogen and oxygen atoms in total. The first-order valence-electron chi connectivity index (χ1n) is 15.6. The van der Waals surface area contributed by atoms with E-state index in [-0.39, 0.29) is 11.2 Å². The van der Waals surface area contributed by atoms with Crippen molar-refractivity contribution in [2.24, 2.45) is 5.41 Å². The maximum absolute atomic E-state index is 14.0. The third-order valence-electron chi connectivity index (χ3n) is 10.3. The summed E-state index contributed by atoms with van der Waals surface area (Å²) in [6, 6.07) is 14.8. The summed E-state index contributed by atoms with van der Waals surface area (Å²) in [5.74, 6) is 1.52. The maximum atomic E-state index is 14.0. The van der Waals surface area contributed by atoms with Gasteiger partial charge < -0.3 is 19.4 Å². The number of ether oxygens (including phenoxy) is 2. The summed E-state index contributed by atoms with van der Waals surface area (Å²) < 4.78 is 26.1. The molecule has 9 heteroatoms. The second kappa shape index (κ2) is 10.3. The van der Waals surface area contributed by atoms with Crippen LogP contribution in [-0.4, -0.2) is 78.0 Å². The summed E-state index contributed by atoms with van der Waals surface area (Å²) in [7, 11) is 0. The van der Waals surface area contributed by atoms with Crippen LogP contribution < -0.4 is 14.4 Å². The Morgan fingerprint density at radius 2 is 1.91 bits per heavy atom. The van der Waals surface area contributed by atoms with Crippen molar-refractivity contribution in [1.82, 2.24) is 19.8 Å². The Hall–Kier alpha value is -3.95. The standard InChI is InChI=1S/C35H38FN5O3/c1-34(2)22-43-32-11-23(3-6-29(32)34)18-39-7-9-40(10-8-39)26-14-35(15-26)20-41(21-35)25-5-4-24(19-42)31(12-25)44-27-13-28-30(36)17-38-33(28)37-16-27/h3-6,11-13,16-17,19,26H,7-10,14-15,18,20-22H2,1-2H3,(H,37,38). The molecule has 2 aromatic carbocycles. The quantitative estimate of drug-likeness (QED) is 0.272. The number of rotatable bonds is 7. The molecule has 2 aromatic heterocycles. The van der Waals surface area contributed by atoms with Gasteiger partial charge in [0.25, 0.3) is 0 Å². The number of nitrogens with one attached hydrogen (secondary N) is 1. The van der Waals surface area contributed by atoms with Gasteiger partial charge in [-0.05, 0) is 42.7 Å². The van der Waals surface area contributed by atoms with Crippen LogP contribution in [-0.2, 0) is 12.0 Å². The maximum Gasteiger partial charge on any atom is 0.153 e. The Morgan fingerprint density at radius 3 is 2.70 bits per heavy atom. The zero-order valence-electron chi connectivity index (χ0n) is 25.3. The molecule has 1 N–H and O–H groups in total. The number of aldehydes is 1. The van der Waals surface area contributed by atoms with Crippen molar-refractivity contribution in [2.75, 3.05) is 50.8 Å². The van der Waals surface area contributed by atoms with Crippen molar-refractivity contribution < 1.29 is 18.7 Å². The minimum Gasteiger partial charge on any atom is -0.492 e. The summed E-state index contributed by atoms with van der Waals surface area (Å²) in [4.78, 5) is 26.4. The highest BCUT2D eigenvalue weighted by Crippen LogP contribution is 2.52. The molecule has 4 aliphatic rings. The molecule has 0 bridgehead atoms. The van der Waals surface area contributed by atoms with Crippen molar-refractivity contribution in [1.29, 1.82) is 0 Å². The van der Waals surface area contributed by atoms with Gasteiger partial charge in [-0.1, -0.05) is 26.0 Å². The van der Waals surface area contributed by atoms with Crippen molar-refractivity contribution in [3.8, 4) is 17.2 Å². The molecule has 3 fully saturated rings. The fourth-order valence-electron chi connectivity index (χ4n) is 7.67. The molecule has 0 atom stereocenters. The molecule has 44 heavy (non-hydrogen) atoms. The van der Waals surface area contributed by atoms with Gasteiger partial charge in [-0.25, -0.2) is 9.37 Å². The zero-order chi connectivity index (χ0) is 30.1. The van der Waals surface area contributed by atoms with Gasteiger partial charge in [0.05, 0.1) is 23.8 Å². The number of benzene rings is 2. The lowest BCUT2D eigenvalue weighted by Gasteiger charge is -2.62. The summed E-state index contributed by atoms with van der Waals surface area (Å²) in [5, 5.41) is 0.357.